The van der Waals surface area contributed by atoms with Crippen LogP contribution in [0.2, 0.25) is 0 Å². The third-order valence-corrected chi connectivity index (χ3v) is 6.00. The summed E-state index contributed by atoms with van der Waals surface area (Å²) in [6.07, 6.45) is 7.39. The average molecular weight is 387 g/mol. The second-order valence-corrected chi connectivity index (χ2v) is 8.27. The molecule has 8 nitrogen and oxygen atoms in total. The Kier molecular flexibility index (Phi) is 3.50. The fourth-order valence-corrected chi connectivity index (χ4v) is 3.89. The lowest BCUT2D eigenvalue weighted by Crippen LogP contribution is -2.48. The summed E-state index contributed by atoms with van der Waals surface area (Å²) in [5, 5.41) is 7.77. The van der Waals surface area contributed by atoms with Crippen molar-refractivity contribution in [2.75, 3.05) is 18.0 Å². The molecule has 8 heteroatoms. The number of hydrogen-bond donors (Lipinski definition) is 0. The van der Waals surface area contributed by atoms with Crippen LogP contribution >= 0.6 is 0 Å². The van der Waals surface area contributed by atoms with Crippen molar-refractivity contribution >= 4 is 11.5 Å². The molecule has 1 aromatic carbocycles. The zero-order valence-electron chi connectivity index (χ0n) is 16.2. The maximum absolute atomic E-state index is 6.15. The Morgan fingerprint density at radius 2 is 1.90 bits per heavy atom. The normalized spacial score (nSPS) is 19.5. The van der Waals surface area contributed by atoms with Gasteiger partial charge in [-0.1, -0.05) is 6.07 Å². The molecule has 6 rings (SSSR count). The van der Waals surface area contributed by atoms with Crippen LogP contribution in [0, 0.1) is 0 Å². The van der Waals surface area contributed by atoms with E-state index in [-0.39, 0.29) is 5.60 Å². The lowest BCUT2D eigenvalue weighted by Gasteiger charge is -2.40. The molecular weight excluding hydrogens is 366 g/mol. The Labute approximate surface area is 168 Å². The van der Waals surface area contributed by atoms with E-state index < -0.39 is 0 Å². The predicted octanol–water partition coefficient (Wildman–Crippen LogP) is 2.41. The van der Waals surface area contributed by atoms with Gasteiger partial charge in [-0.25, -0.2) is 9.97 Å². The van der Waals surface area contributed by atoms with Crippen LogP contribution in [0.25, 0.3) is 0 Å². The molecule has 0 atom stereocenters. The standard InChI is InChI=1S/C21H21N7O/c1-21(4-5-21)29-16-3-2-14-8-22-20(17(14)6-16)18-7-19(24-11-23-18)27-9-15(10-27)28-12-25-26-13-28/h2-3,6-7,11-13,15H,4-5,8-10H2,1H3. The summed E-state index contributed by atoms with van der Waals surface area (Å²) in [5.74, 6) is 1.83. The minimum Gasteiger partial charge on any atom is -0.488 e. The number of aromatic nitrogens is 5. The fourth-order valence-electron chi connectivity index (χ4n) is 3.89. The van der Waals surface area contributed by atoms with E-state index >= 15 is 0 Å². The van der Waals surface area contributed by atoms with Crippen molar-refractivity contribution in [3.63, 3.8) is 0 Å². The number of fused-ring (bicyclic) bond motifs is 1. The van der Waals surface area contributed by atoms with Crippen molar-refractivity contribution in [2.45, 2.75) is 38.0 Å². The smallest absolute Gasteiger partial charge is 0.132 e. The van der Waals surface area contributed by atoms with Crippen molar-refractivity contribution in [1.82, 2.24) is 24.7 Å². The quantitative estimate of drug-likeness (QED) is 0.669. The molecular formula is C21H21N7O. The van der Waals surface area contributed by atoms with E-state index in [1.807, 2.05) is 10.6 Å². The highest BCUT2D eigenvalue weighted by Crippen LogP contribution is 2.40. The lowest BCUT2D eigenvalue weighted by molar-refractivity contribution is 0.200. The first-order valence-electron chi connectivity index (χ1n) is 9.95. The van der Waals surface area contributed by atoms with Gasteiger partial charge in [0.25, 0.3) is 0 Å². The third-order valence-electron chi connectivity index (χ3n) is 6.00. The van der Waals surface area contributed by atoms with Gasteiger partial charge in [-0.05, 0) is 37.5 Å². The summed E-state index contributed by atoms with van der Waals surface area (Å²) in [6, 6.07) is 8.70. The number of benzene rings is 1. The zero-order chi connectivity index (χ0) is 19.4. The molecule has 1 aliphatic carbocycles. The van der Waals surface area contributed by atoms with Crippen LogP contribution in [-0.2, 0) is 6.54 Å². The monoisotopic (exact) mass is 387 g/mol. The molecule has 146 valence electrons. The Balaban J connectivity index is 1.23. The summed E-state index contributed by atoms with van der Waals surface area (Å²) in [6.45, 7) is 4.61. The molecule has 1 saturated carbocycles. The molecule has 0 amide bonds. The van der Waals surface area contributed by atoms with Crippen molar-refractivity contribution in [3.8, 4) is 5.75 Å². The minimum atomic E-state index is 0.00500. The van der Waals surface area contributed by atoms with Gasteiger partial charge in [-0.2, -0.15) is 0 Å². The van der Waals surface area contributed by atoms with E-state index in [1.165, 1.54) is 5.56 Å². The molecule has 3 aromatic rings. The molecule has 0 spiro atoms. The number of ether oxygens (including phenoxy) is 1. The molecule has 0 unspecified atom stereocenters. The first kappa shape index (κ1) is 16.6. The van der Waals surface area contributed by atoms with Crippen LogP contribution < -0.4 is 9.64 Å². The van der Waals surface area contributed by atoms with Gasteiger partial charge < -0.3 is 14.2 Å². The fraction of sp³-hybridized carbons (Fsp3) is 0.381. The summed E-state index contributed by atoms with van der Waals surface area (Å²) >= 11 is 0. The van der Waals surface area contributed by atoms with Crippen LogP contribution in [-0.4, -0.2) is 49.1 Å². The molecule has 2 aromatic heterocycles. The Bertz CT molecular complexity index is 1100. The summed E-state index contributed by atoms with van der Waals surface area (Å²) < 4.78 is 8.19. The second-order valence-electron chi connectivity index (χ2n) is 8.27. The van der Waals surface area contributed by atoms with Crippen molar-refractivity contribution in [1.29, 1.82) is 0 Å². The summed E-state index contributed by atoms with van der Waals surface area (Å²) in [5.41, 5.74) is 4.11. The number of aliphatic imine (C=N–C) groups is 1. The van der Waals surface area contributed by atoms with Crippen molar-refractivity contribution in [2.24, 2.45) is 4.99 Å². The first-order chi connectivity index (χ1) is 14.2. The molecule has 2 aliphatic heterocycles. The predicted molar refractivity (Wildman–Crippen MR) is 107 cm³/mol. The SMILES string of the molecule is CC1(Oc2ccc3c(c2)C(c2cc(N4CC(n5cnnc5)C4)ncn2)=NC3)CC1. The topological polar surface area (TPSA) is 81.3 Å². The minimum absolute atomic E-state index is 0.00500. The van der Waals surface area contributed by atoms with Gasteiger partial charge in [-0.3, -0.25) is 4.99 Å². The number of hydrogen-bond acceptors (Lipinski definition) is 7. The maximum atomic E-state index is 6.15. The Hall–Kier alpha value is -3.29. The first-order valence-corrected chi connectivity index (χ1v) is 9.95. The van der Waals surface area contributed by atoms with Crippen LogP contribution in [0.15, 0.2) is 48.2 Å². The average Bonchev–Trinajstić information content (AvgIpc) is 3.10. The largest absolute Gasteiger partial charge is 0.488 e. The van der Waals surface area contributed by atoms with Gasteiger partial charge in [0.15, 0.2) is 0 Å². The van der Waals surface area contributed by atoms with Crippen LogP contribution in [0.3, 0.4) is 0 Å². The van der Waals surface area contributed by atoms with E-state index in [0.717, 1.165) is 54.5 Å². The van der Waals surface area contributed by atoms with E-state index in [1.54, 1.807) is 19.0 Å². The van der Waals surface area contributed by atoms with E-state index in [4.69, 9.17) is 9.73 Å². The van der Waals surface area contributed by atoms with Crippen LogP contribution in [0.4, 0.5) is 5.82 Å². The van der Waals surface area contributed by atoms with Gasteiger partial charge in [-0.15, -0.1) is 10.2 Å². The second kappa shape index (κ2) is 6.10. The van der Waals surface area contributed by atoms with E-state index in [9.17, 15) is 0 Å². The highest BCUT2D eigenvalue weighted by atomic mass is 16.5. The Morgan fingerprint density at radius 3 is 2.69 bits per heavy atom. The molecule has 4 heterocycles. The zero-order valence-corrected chi connectivity index (χ0v) is 16.2. The molecule has 29 heavy (non-hydrogen) atoms. The third kappa shape index (κ3) is 2.95. The summed E-state index contributed by atoms with van der Waals surface area (Å²) in [7, 11) is 0. The van der Waals surface area contributed by atoms with Gasteiger partial charge in [0, 0.05) is 24.7 Å². The highest BCUT2D eigenvalue weighted by Gasteiger charge is 2.40. The van der Waals surface area contributed by atoms with E-state index in [2.05, 4.69) is 50.2 Å². The van der Waals surface area contributed by atoms with Crippen LogP contribution in [0.1, 0.15) is 42.6 Å². The van der Waals surface area contributed by atoms with Crippen LogP contribution in [0.5, 0.6) is 5.75 Å². The molecule has 3 aliphatic rings. The summed E-state index contributed by atoms with van der Waals surface area (Å²) in [4.78, 5) is 16.0. The molecule has 0 bridgehead atoms. The molecule has 0 radical (unpaired) electrons. The molecule has 2 fully saturated rings. The van der Waals surface area contributed by atoms with Gasteiger partial charge >= 0.3 is 0 Å². The van der Waals surface area contributed by atoms with Crippen molar-refractivity contribution < 1.29 is 4.74 Å². The number of nitrogens with zero attached hydrogens (tertiary/aromatic N) is 7. The molecule has 0 N–H and O–H groups in total. The molecule has 1 saturated heterocycles. The lowest BCUT2D eigenvalue weighted by atomic mass is 10.0. The van der Waals surface area contributed by atoms with E-state index in [0.29, 0.717) is 12.6 Å². The van der Waals surface area contributed by atoms with Gasteiger partial charge in [0.05, 0.1) is 24.0 Å². The Morgan fingerprint density at radius 1 is 1.07 bits per heavy atom. The number of anilines is 1. The van der Waals surface area contributed by atoms with Gasteiger partial charge in [0.1, 0.15) is 36.2 Å². The highest BCUT2D eigenvalue weighted by molar-refractivity contribution is 6.14. The number of rotatable bonds is 5. The maximum Gasteiger partial charge on any atom is 0.132 e. The van der Waals surface area contributed by atoms with Gasteiger partial charge in [0.2, 0.25) is 0 Å². The van der Waals surface area contributed by atoms with Crippen molar-refractivity contribution in [3.05, 3.63) is 60.1 Å².